The lowest BCUT2D eigenvalue weighted by Crippen LogP contribution is -2.33. The predicted octanol–water partition coefficient (Wildman–Crippen LogP) is 1.33. The highest BCUT2D eigenvalue weighted by atomic mass is 15.2. The molecule has 0 amide bonds. The van der Waals surface area contributed by atoms with Crippen LogP contribution in [0.3, 0.4) is 0 Å². The van der Waals surface area contributed by atoms with Crippen LogP contribution in [-0.4, -0.2) is 37.1 Å². The monoisotopic (exact) mass is 170 g/mol. The van der Waals surface area contributed by atoms with Crippen LogP contribution in [0.5, 0.6) is 0 Å². The van der Waals surface area contributed by atoms with Gasteiger partial charge in [0.05, 0.1) is 0 Å². The molecule has 0 aromatic carbocycles. The molecule has 1 saturated heterocycles. The average molecular weight is 170 g/mol. The normalized spacial score (nSPS) is 25.5. The lowest BCUT2D eigenvalue weighted by molar-refractivity contribution is 0.290. The molecule has 0 radical (unpaired) electrons. The third kappa shape index (κ3) is 3.11. The van der Waals surface area contributed by atoms with Crippen LogP contribution in [0.1, 0.15) is 27.2 Å². The maximum absolute atomic E-state index is 3.51. The molecule has 0 aromatic rings. The summed E-state index contributed by atoms with van der Waals surface area (Å²) in [5, 5.41) is 3.51. The van der Waals surface area contributed by atoms with Gasteiger partial charge in [-0.15, -0.1) is 0 Å². The van der Waals surface area contributed by atoms with Gasteiger partial charge in [0.2, 0.25) is 0 Å². The second-order valence-electron chi connectivity index (χ2n) is 4.20. The first kappa shape index (κ1) is 10.0. The fraction of sp³-hybridized carbons (Fsp3) is 1.00. The average Bonchev–Trinajstić information content (AvgIpc) is 2.36. The van der Waals surface area contributed by atoms with Crippen molar-refractivity contribution >= 4 is 0 Å². The summed E-state index contributed by atoms with van der Waals surface area (Å²) in [5.41, 5.74) is 0. The number of likely N-dealkylation sites (tertiary alicyclic amines) is 1. The van der Waals surface area contributed by atoms with Gasteiger partial charge in [0.25, 0.3) is 0 Å². The Morgan fingerprint density at radius 1 is 1.50 bits per heavy atom. The number of nitrogens with zero attached hydrogens (tertiary/aromatic N) is 1. The van der Waals surface area contributed by atoms with E-state index in [1.807, 2.05) is 0 Å². The minimum atomic E-state index is 0.758. The number of hydrogen-bond acceptors (Lipinski definition) is 2. The van der Waals surface area contributed by atoms with Crippen LogP contribution in [0, 0.1) is 5.92 Å². The second kappa shape index (κ2) is 4.83. The third-order valence-electron chi connectivity index (χ3n) is 2.39. The number of hydrogen-bond donors (Lipinski definition) is 1. The summed E-state index contributed by atoms with van der Waals surface area (Å²) >= 11 is 0. The summed E-state index contributed by atoms with van der Waals surface area (Å²) in [6, 6.07) is 0.758. The lowest BCUT2D eigenvalue weighted by Gasteiger charge is -2.18. The van der Waals surface area contributed by atoms with E-state index in [9.17, 15) is 0 Å². The molecule has 0 aliphatic carbocycles. The maximum Gasteiger partial charge on any atom is 0.0207 e. The molecule has 0 saturated carbocycles. The van der Waals surface area contributed by atoms with Gasteiger partial charge in [-0.1, -0.05) is 20.8 Å². The minimum absolute atomic E-state index is 0.758. The minimum Gasteiger partial charge on any atom is -0.313 e. The van der Waals surface area contributed by atoms with E-state index in [0.29, 0.717) is 0 Å². The SMILES string of the molecule is CCNC1CCN(CC(C)C)C1. The Morgan fingerprint density at radius 2 is 2.25 bits per heavy atom. The van der Waals surface area contributed by atoms with Crippen LogP contribution < -0.4 is 5.32 Å². The first-order valence-electron chi connectivity index (χ1n) is 5.18. The predicted molar refractivity (Wildman–Crippen MR) is 53.4 cm³/mol. The van der Waals surface area contributed by atoms with Crippen molar-refractivity contribution in [1.82, 2.24) is 10.2 Å². The highest BCUT2D eigenvalue weighted by Gasteiger charge is 2.21. The molecular weight excluding hydrogens is 148 g/mol. The molecule has 72 valence electrons. The summed E-state index contributed by atoms with van der Waals surface area (Å²) in [7, 11) is 0. The Balaban J connectivity index is 2.16. The maximum atomic E-state index is 3.51. The fourth-order valence-corrected chi connectivity index (χ4v) is 1.97. The molecule has 1 N–H and O–H groups in total. The first-order valence-corrected chi connectivity index (χ1v) is 5.18. The molecule has 0 bridgehead atoms. The first-order chi connectivity index (χ1) is 5.72. The van der Waals surface area contributed by atoms with Crippen LogP contribution in [0.25, 0.3) is 0 Å². The molecule has 12 heavy (non-hydrogen) atoms. The molecule has 1 rings (SSSR count). The van der Waals surface area contributed by atoms with Crippen LogP contribution in [0.2, 0.25) is 0 Å². The molecule has 0 aromatic heterocycles. The molecule has 0 spiro atoms. The standard InChI is InChI=1S/C10H22N2/c1-4-11-10-5-6-12(8-10)7-9(2)3/h9-11H,4-8H2,1-3H3. The van der Waals surface area contributed by atoms with Crippen molar-refractivity contribution in [3.05, 3.63) is 0 Å². The molecule has 1 aliphatic heterocycles. The number of rotatable bonds is 4. The summed E-state index contributed by atoms with van der Waals surface area (Å²) in [5.74, 6) is 0.811. The molecule has 1 atom stereocenters. The van der Waals surface area contributed by atoms with Gasteiger partial charge in [0.1, 0.15) is 0 Å². The van der Waals surface area contributed by atoms with E-state index in [4.69, 9.17) is 0 Å². The summed E-state index contributed by atoms with van der Waals surface area (Å²) in [4.78, 5) is 2.57. The molecular formula is C10H22N2. The van der Waals surface area contributed by atoms with E-state index in [-0.39, 0.29) is 0 Å². The Bertz CT molecular complexity index is 123. The zero-order chi connectivity index (χ0) is 8.97. The van der Waals surface area contributed by atoms with Crippen molar-refractivity contribution in [2.45, 2.75) is 33.2 Å². The van der Waals surface area contributed by atoms with Crippen molar-refractivity contribution in [2.75, 3.05) is 26.2 Å². The van der Waals surface area contributed by atoms with Gasteiger partial charge in [-0.3, -0.25) is 0 Å². The number of likely N-dealkylation sites (N-methyl/N-ethyl adjacent to an activating group) is 1. The molecule has 1 unspecified atom stereocenters. The zero-order valence-electron chi connectivity index (χ0n) is 8.64. The Morgan fingerprint density at radius 3 is 2.83 bits per heavy atom. The molecule has 1 aliphatic rings. The summed E-state index contributed by atoms with van der Waals surface area (Å²) in [6.07, 6.45) is 1.33. The largest absolute Gasteiger partial charge is 0.313 e. The van der Waals surface area contributed by atoms with Gasteiger partial charge < -0.3 is 10.2 Å². The van der Waals surface area contributed by atoms with Gasteiger partial charge in [0, 0.05) is 19.1 Å². The van der Waals surface area contributed by atoms with E-state index >= 15 is 0 Å². The Hall–Kier alpha value is -0.0800. The van der Waals surface area contributed by atoms with E-state index in [0.717, 1.165) is 18.5 Å². The molecule has 2 nitrogen and oxygen atoms in total. The molecule has 2 heteroatoms. The number of nitrogens with one attached hydrogen (secondary N) is 1. The fourth-order valence-electron chi connectivity index (χ4n) is 1.97. The van der Waals surface area contributed by atoms with E-state index in [1.54, 1.807) is 0 Å². The van der Waals surface area contributed by atoms with Crippen molar-refractivity contribution in [3.63, 3.8) is 0 Å². The summed E-state index contributed by atoms with van der Waals surface area (Å²) < 4.78 is 0. The quantitative estimate of drug-likeness (QED) is 0.684. The molecule has 1 fully saturated rings. The van der Waals surface area contributed by atoms with E-state index < -0.39 is 0 Å². The van der Waals surface area contributed by atoms with Crippen molar-refractivity contribution in [1.29, 1.82) is 0 Å². The second-order valence-corrected chi connectivity index (χ2v) is 4.20. The van der Waals surface area contributed by atoms with Crippen molar-refractivity contribution < 1.29 is 0 Å². The molecule has 1 heterocycles. The van der Waals surface area contributed by atoms with E-state index in [2.05, 4.69) is 31.0 Å². The zero-order valence-corrected chi connectivity index (χ0v) is 8.64. The van der Waals surface area contributed by atoms with Crippen LogP contribution >= 0.6 is 0 Å². The van der Waals surface area contributed by atoms with Gasteiger partial charge in [-0.05, 0) is 25.4 Å². The lowest BCUT2D eigenvalue weighted by atomic mass is 10.2. The van der Waals surface area contributed by atoms with Crippen molar-refractivity contribution in [2.24, 2.45) is 5.92 Å². The Labute approximate surface area is 76.3 Å². The van der Waals surface area contributed by atoms with Crippen LogP contribution in [0.4, 0.5) is 0 Å². The van der Waals surface area contributed by atoms with E-state index in [1.165, 1.54) is 26.1 Å². The van der Waals surface area contributed by atoms with Gasteiger partial charge in [-0.25, -0.2) is 0 Å². The topological polar surface area (TPSA) is 15.3 Å². The third-order valence-corrected chi connectivity index (χ3v) is 2.39. The van der Waals surface area contributed by atoms with Crippen molar-refractivity contribution in [3.8, 4) is 0 Å². The van der Waals surface area contributed by atoms with Gasteiger partial charge in [-0.2, -0.15) is 0 Å². The van der Waals surface area contributed by atoms with Crippen LogP contribution in [0.15, 0.2) is 0 Å². The van der Waals surface area contributed by atoms with Gasteiger partial charge >= 0.3 is 0 Å². The van der Waals surface area contributed by atoms with Gasteiger partial charge in [0.15, 0.2) is 0 Å². The highest BCUT2D eigenvalue weighted by Crippen LogP contribution is 2.10. The Kier molecular flexibility index (Phi) is 4.02. The smallest absolute Gasteiger partial charge is 0.0207 e. The summed E-state index contributed by atoms with van der Waals surface area (Å²) in [6.45, 7) is 11.7. The van der Waals surface area contributed by atoms with Crippen LogP contribution in [-0.2, 0) is 0 Å². The highest BCUT2D eigenvalue weighted by molar-refractivity contribution is 4.80.